The van der Waals surface area contributed by atoms with E-state index in [9.17, 15) is 4.79 Å². The van der Waals surface area contributed by atoms with Crippen molar-refractivity contribution in [2.75, 3.05) is 13.2 Å². The minimum absolute atomic E-state index is 0.398. The van der Waals surface area contributed by atoms with Gasteiger partial charge in [0, 0.05) is 18.8 Å². The first-order valence-electron chi connectivity index (χ1n) is 5.00. The zero-order valence-corrected chi connectivity index (χ0v) is 11.4. The minimum atomic E-state index is -1.70. The van der Waals surface area contributed by atoms with E-state index in [0.717, 1.165) is 13.2 Å². The van der Waals surface area contributed by atoms with Gasteiger partial charge in [-0.2, -0.15) is 0 Å². The van der Waals surface area contributed by atoms with Crippen LogP contribution in [-0.4, -0.2) is 27.7 Å². The van der Waals surface area contributed by atoms with Crippen LogP contribution in [0.5, 0.6) is 0 Å². The summed E-state index contributed by atoms with van der Waals surface area (Å²) in [6.07, 6.45) is 0. The lowest BCUT2D eigenvalue weighted by molar-refractivity contribution is -0.114. The Morgan fingerprint density at radius 1 is 1.27 bits per heavy atom. The number of primary amides is 1. The molecule has 0 radical (unpaired) electrons. The van der Waals surface area contributed by atoms with Gasteiger partial charge in [-0.05, 0) is 33.9 Å². The van der Waals surface area contributed by atoms with Crippen molar-refractivity contribution in [3.8, 4) is 0 Å². The molecule has 0 spiro atoms. The van der Waals surface area contributed by atoms with Crippen molar-refractivity contribution < 1.29 is 13.6 Å². The molecule has 0 aliphatic carbocycles. The first kappa shape index (κ1) is 16.8. The number of hydrogen-bond donors (Lipinski definition) is 1. The van der Waals surface area contributed by atoms with Gasteiger partial charge in [0.1, 0.15) is 0 Å². The van der Waals surface area contributed by atoms with Crippen molar-refractivity contribution in [3.05, 3.63) is 12.2 Å². The van der Waals surface area contributed by atoms with Crippen molar-refractivity contribution >= 4 is 14.5 Å². The zero-order chi connectivity index (χ0) is 12.5. The molecule has 0 aromatic carbocycles. The molecule has 0 aliphatic rings. The van der Waals surface area contributed by atoms with Crippen molar-refractivity contribution in [1.82, 2.24) is 0 Å². The monoisotopic (exact) mass is 233 g/mol. The first-order chi connectivity index (χ1) is 6.76. The summed E-state index contributed by atoms with van der Waals surface area (Å²) in [7, 11) is -1.70. The summed E-state index contributed by atoms with van der Waals surface area (Å²) >= 11 is 0. The second-order valence-electron chi connectivity index (χ2n) is 3.41. The third-order valence-electron chi connectivity index (χ3n) is 1.40. The average Bonchev–Trinajstić information content (AvgIpc) is 2.04. The number of carbonyl (C=O) groups is 1. The summed E-state index contributed by atoms with van der Waals surface area (Å²) < 4.78 is 10.8. The minimum Gasteiger partial charge on any atom is -0.395 e. The van der Waals surface area contributed by atoms with Crippen LogP contribution in [0.3, 0.4) is 0 Å². The van der Waals surface area contributed by atoms with Crippen LogP contribution in [0.25, 0.3) is 0 Å². The molecule has 90 valence electrons. The van der Waals surface area contributed by atoms with Crippen molar-refractivity contribution in [2.24, 2.45) is 5.73 Å². The summed E-state index contributed by atoms with van der Waals surface area (Å²) in [4.78, 5) is 9.82. The van der Waals surface area contributed by atoms with Crippen LogP contribution < -0.4 is 5.73 Å². The van der Waals surface area contributed by atoms with Gasteiger partial charge in [0.15, 0.2) is 0 Å². The Balaban J connectivity index is 0. The van der Waals surface area contributed by atoms with Gasteiger partial charge in [0.05, 0.1) is 0 Å². The molecule has 15 heavy (non-hydrogen) atoms. The first-order valence-corrected chi connectivity index (χ1v) is 7.81. The molecule has 0 aromatic rings. The van der Waals surface area contributed by atoms with Crippen LogP contribution in [0, 0.1) is 0 Å². The summed E-state index contributed by atoms with van der Waals surface area (Å²) in [6, 6.07) is 0. The number of amides is 1. The fraction of sp³-hybridized carbons (Fsp3) is 0.700. The molecule has 0 atom stereocenters. The van der Waals surface area contributed by atoms with Crippen molar-refractivity contribution in [1.29, 1.82) is 0 Å². The number of rotatable bonds is 5. The van der Waals surface area contributed by atoms with E-state index in [1.165, 1.54) is 0 Å². The lowest BCUT2D eigenvalue weighted by Crippen LogP contribution is -2.34. The van der Waals surface area contributed by atoms with E-state index in [-0.39, 0.29) is 0 Å². The lowest BCUT2D eigenvalue weighted by atomic mass is 10.3. The van der Waals surface area contributed by atoms with Gasteiger partial charge < -0.3 is 14.6 Å². The van der Waals surface area contributed by atoms with Gasteiger partial charge in [-0.25, -0.2) is 0 Å². The maximum Gasteiger partial charge on any atom is 0.331 e. The Labute approximate surface area is 93.7 Å². The molecule has 5 heteroatoms. The highest BCUT2D eigenvalue weighted by atomic mass is 28.4. The Bertz CT molecular complexity index is 185. The second-order valence-corrected chi connectivity index (χ2v) is 6.79. The van der Waals surface area contributed by atoms with E-state index in [1.807, 2.05) is 13.8 Å². The quantitative estimate of drug-likeness (QED) is 0.582. The fourth-order valence-electron chi connectivity index (χ4n) is 0.737. The van der Waals surface area contributed by atoms with Crippen LogP contribution in [0.2, 0.25) is 13.1 Å². The summed E-state index contributed by atoms with van der Waals surface area (Å²) in [6.45, 7) is 14.5. The molecule has 1 amide bonds. The standard InChI is InChI=1S/C6H16O2Si.C4H7NO/c1-5-7-9(3,4)8-6-2;1-3(2)4(5)6/h5-6H2,1-4H3;1H2,2H3,(H2,5,6). The van der Waals surface area contributed by atoms with Gasteiger partial charge in [-0.15, -0.1) is 0 Å². The van der Waals surface area contributed by atoms with E-state index in [4.69, 9.17) is 14.6 Å². The van der Waals surface area contributed by atoms with E-state index >= 15 is 0 Å². The fourth-order valence-corrected chi connectivity index (χ4v) is 2.21. The Hall–Kier alpha value is -0.653. The SMILES string of the molecule is C=C(C)C(N)=O.CCO[Si](C)(C)OCC. The summed E-state index contributed by atoms with van der Waals surface area (Å²) in [5, 5.41) is 0. The highest BCUT2D eigenvalue weighted by Gasteiger charge is 2.22. The number of carbonyl (C=O) groups excluding carboxylic acids is 1. The molecule has 0 rings (SSSR count). The highest BCUT2D eigenvalue weighted by Crippen LogP contribution is 2.04. The molecule has 4 nitrogen and oxygen atoms in total. The molecular weight excluding hydrogens is 210 g/mol. The smallest absolute Gasteiger partial charge is 0.331 e. The molecule has 0 aromatic heterocycles. The maximum absolute atomic E-state index is 9.82. The van der Waals surface area contributed by atoms with E-state index in [1.54, 1.807) is 6.92 Å². The predicted octanol–water partition coefficient (Wildman–Crippen LogP) is 1.81. The molecule has 0 aliphatic heterocycles. The zero-order valence-electron chi connectivity index (χ0n) is 10.4. The molecule has 0 unspecified atom stereocenters. The van der Waals surface area contributed by atoms with Crippen LogP contribution in [-0.2, 0) is 13.6 Å². The van der Waals surface area contributed by atoms with Gasteiger partial charge in [-0.1, -0.05) is 6.58 Å². The lowest BCUT2D eigenvalue weighted by Gasteiger charge is -2.20. The normalized spacial score (nSPS) is 10.2. The van der Waals surface area contributed by atoms with E-state index in [2.05, 4.69) is 19.7 Å². The van der Waals surface area contributed by atoms with E-state index < -0.39 is 14.5 Å². The van der Waals surface area contributed by atoms with Gasteiger partial charge >= 0.3 is 8.56 Å². The van der Waals surface area contributed by atoms with Gasteiger partial charge in [0.25, 0.3) is 0 Å². The number of nitrogens with two attached hydrogens (primary N) is 1. The van der Waals surface area contributed by atoms with Crippen LogP contribution in [0.1, 0.15) is 20.8 Å². The average molecular weight is 233 g/mol. The Kier molecular flexibility index (Phi) is 9.66. The van der Waals surface area contributed by atoms with Crippen LogP contribution >= 0.6 is 0 Å². The molecule has 0 saturated heterocycles. The Morgan fingerprint density at radius 2 is 1.53 bits per heavy atom. The van der Waals surface area contributed by atoms with E-state index in [0.29, 0.717) is 5.57 Å². The van der Waals surface area contributed by atoms with Crippen LogP contribution in [0.4, 0.5) is 0 Å². The predicted molar refractivity (Wildman–Crippen MR) is 64.7 cm³/mol. The number of hydrogen-bond acceptors (Lipinski definition) is 3. The topological polar surface area (TPSA) is 61.6 Å². The third-order valence-corrected chi connectivity index (χ3v) is 3.37. The Morgan fingerprint density at radius 3 is 1.67 bits per heavy atom. The second kappa shape index (κ2) is 8.64. The highest BCUT2D eigenvalue weighted by molar-refractivity contribution is 6.64. The molecule has 0 heterocycles. The van der Waals surface area contributed by atoms with Crippen LogP contribution in [0.15, 0.2) is 12.2 Å². The largest absolute Gasteiger partial charge is 0.395 e. The molecular formula is C10H23NO3Si. The van der Waals surface area contributed by atoms with Crippen molar-refractivity contribution in [2.45, 2.75) is 33.9 Å². The molecule has 0 bridgehead atoms. The summed E-state index contributed by atoms with van der Waals surface area (Å²) in [5.74, 6) is -0.435. The summed E-state index contributed by atoms with van der Waals surface area (Å²) in [5.41, 5.74) is 5.09. The molecule has 2 N–H and O–H groups in total. The maximum atomic E-state index is 9.82. The van der Waals surface area contributed by atoms with Crippen molar-refractivity contribution in [3.63, 3.8) is 0 Å². The van der Waals surface area contributed by atoms with Gasteiger partial charge in [0.2, 0.25) is 5.91 Å². The third kappa shape index (κ3) is 13.3. The van der Waals surface area contributed by atoms with Gasteiger partial charge in [-0.3, -0.25) is 4.79 Å². The molecule has 0 saturated carbocycles. The molecule has 0 fully saturated rings.